The van der Waals surface area contributed by atoms with Gasteiger partial charge < -0.3 is 9.73 Å². The fourth-order valence-electron chi connectivity index (χ4n) is 2.48. The van der Waals surface area contributed by atoms with Crippen LogP contribution in [0.3, 0.4) is 0 Å². The minimum atomic E-state index is -3.66. The Bertz CT molecular complexity index is 1100. The van der Waals surface area contributed by atoms with Crippen LogP contribution in [0.5, 0.6) is 0 Å². The second-order valence-corrected chi connectivity index (χ2v) is 7.09. The maximum Gasteiger partial charge on any atom is 0.420 e. The van der Waals surface area contributed by atoms with Gasteiger partial charge in [0.05, 0.1) is 11.3 Å². The number of benzene rings is 2. The molecule has 0 radical (unpaired) electrons. The number of carbonyl (C=O) groups excluding carboxylic acids is 1. The summed E-state index contributed by atoms with van der Waals surface area (Å²) in [6.45, 7) is -0.227. The Kier molecular flexibility index (Phi) is 4.43. The van der Waals surface area contributed by atoms with E-state index in [9.17, 15) is 18.0 Å². The summed E-state index contributed by atoms with van der Waals surface area (Å²) in [6.07, 6.45) is 0. The Labute approximate surface area is 142 Å². The first-order valence-corrected chi connectivity index (χ1v) is 9.01. The molecular weight excluding hydrogens is 346 g/mol. The topological polar surface area (TPSA) is 124 Å². The SMILES string of the molecule is NS(=O)(=O)Cc1cccc(NC(=O)Cn2c(=O)oc3ccccc32)c1. The molecule has 0 unspecified atom stereocenters. The van der Waals surface area contributed by atoms with Gasteiger partial charge in [0, 0.05) is 5.69 Å². The molecule has 0 bridgehead atoms. The van der Waals surface area contributed by atoms with Crippen molar-refractivity contribution in [2.75, 3.05) is 5.32 Å². The summed E-state index contributed by atoms with van der Waals surface area (Å²) in [4.78, 5) is 24.1. The lowest BCUT2D eigenvalue weighted by Gasteiger charge is -2.07. The molecule has 0 atom stereocenters. The van der Waals surface area contributed by atoms with Crippen LogP contribution in [0.2, 0.25) is 0 Å². The molecule has 0 aliphatic carbocycles. The molecule has 130 valence electrons. The number of sulfonamides is 1. The third-order valence-corrected chi connectivity index (χ3v) is 4.19. The van der Waals surface area contributed by atoms with Crippen molar-refractivity contribution >= 4 is 32.7 Å². The number of rotatable bonds is 5. The van der Waals surface area contributed by atoms with Crippen LogP contribution in [0.15, 0.2) is 57.7 Å². The van der Waals surface area contributed by atoms with Crippen molar-refractivity contribution in [3.05, 3.63) is 64.6 Å². The van der Waals surface area contributed by atoms with Crippen LogP contribution in [0.25, 0.3) is 11.1 Å². The van der Waals surface area contributed by atoms with E-state index in [0.29, 0.717) is 22.4 Å². The van der Waals surface area contributed by atoms with Gasteiger partial charge in [-0.15, -0.1) is 0 Å². The van der Waals surface area contributed by atoms with Gasteiger partial charge in [-0.05, 0) is 29.8 Å². The second-order valence-electron chi connectivity index (χ2n) is 5.48. The Balaban J connectivity index is 1.78. The van der Waals surface area contributed by atoms with Gasteiger partial charge in [-0.3, -0.25) is 9.36 Å². The number of aromatic nitrogens is 1. The van der Waals surface area contributed by atoms with Crippen LogP contribution in [-0.4, -0.2) is 18.9 Å². The molecule has 1 aromatic heterocycles. The summed E-state index contributed by atoms with van der Waals surface area (Å²) >= 11 is 0. The number of primary sulfonamides is 1. The Hall–Kier alpha value is -2.91. The van der Waals surface area contributed by atoms with Crippen molar-refractivity contribution in [1.29, 1.82) is 0 Å². The van der Waals surface area contributed by atoms with Crippen LogP contribution >= 0.6 is 0 Å². The zero-order valence-corrected chi connectivity index (χ0v) is 13.8. The Morgan fingerprint density at radius 1 is 1.16 bits per heavy atom. The molecule has 3 N–H and O–H groups in total. The van der Waals surface area contributed by atoms with Gasteiger partial charge in [-0.1, -0.05) is 24.3 Å². The van der Waals surface area contributed by atoms with Crippen LogP contribution in [0.1, 0.15) is 5.56 Å². The largest absolute Gasteiger partial charge is 0.420 e. The molecule has 3 aromatic rings. The first-order chi connectivity index (χ1) is 11.8. The quantitative estimate of drug-likeness (QED) is 0.702. The van der Waals surface area contributed by atoms with Gasteiger partial charge in [0.1, 0.15) is 6.54 Å². The zero-order chi connectivity index (χ0) is 18.0. The van der Waals surface area contributed by atoms with Crippen molar-refractivity contribution in [2.24, 2.45) is 5.14 Å². The molecule has 0 spiro atoms. The van der Waals surface area contributed by atoms with Gasteiger partial charge in [0.25, 0.3) is 0 Å². The summed E-state index contributed by atoms with van der Waals surface area (Å²) in [6, 6.07) is 13.1. The highest BCUT2D eigenvalue weighted by Gasteiger charge is 2.13. The highest BCUT2D eigenvalue weighted by molar-refractivity contribution is 7.88. The van der Waals surface area contributed by atoms with E-state index in [1.54, 1.807) is 42.5 Å². The molecule has 1 amide bonds. The average molecular weight is 361 g/mol. The van der Waals surface area contributed by atoms with Crippen LogP contribution < -0.4 is 16.2 Å². The monoisotopic (exact) mass is 361 g/mol. The van der Waals surface area contributed by atoms with E-state index < -0.39 is 21.7 Å². The lowest BCUT2D eigenvalue weighted by atomic mass is 10.2. The summed E-state index contributed by atoms with van der Waals surface area (Å²) < 4.78 is 28.6. The number of oxazole rings is 1. The van der Waals surface area contributed by atoms with E-state index in [4.69, 9.17) is 9.56 Å². The van der Waals surface area contributed by atoms with E-state index in [0.717, 1.165) is 0 Å². The maximum atomic E-state index is 12.2. The van der Waals surface area contributed by atoms with E-state index in [-0.39, 0.29) is 12.3 Å². The number of nitrogens with two attached hydrogens (primary N) is 1. The number of carbonyl (C=O) groups is 1. The first-order valence-electron chi connectivity index (χ1n) is 7.29. The second kappa shape index (κ2) is 6.54. The van der Waals surface area contributed by atoms with Crippen molar-refractivity contribution in [3.8, 4) is 0 Å². The highest BCUT2D eigenvalue weighted by Crippen LogP contribution is 2.14. The molecule has 3 rings (SSSR count). The summed E-state index contributed by atoms with van der Waals surface area (Å²) in [5, 5.41) is 7.64. The molecule has 1 heterocycles. The van der Waals surface area contributed by atoms with Crippen molar-refractivity contribution in [3.63, 3.8) is 0 Å². The Morgan fingerprint density at radius 2 is 1.92 bits per heavy atom. The maximum absolute atomic E-state index is 12.2. The molecule has 0 fully saturated rings. The molecule has 25 heavy (non-hydrogen) atoms. The molecular formula is C16H15N3O5S. The smallest absolute Gasteiger partial charge is 0.408 e. The van der Waals surface area contributed by atoms with Crippen molar-refractivity contribution < 1.29 is 17.6 Å². The number of nitrogens with one attached hydrogen (secondary N) is 1. The predicted molar refractivity (Wildman–Crippen MR) is 92.4 cm³/mol. The molecule has 2 aromatic carbocycles. The lowest BCUT2D eigenvalue weighted by molar-refractivity contribution is -0.116. The average Bonchev–Trinajstić information content (AvgIpc) is 2.82. The number of amides is 1. The van der Waals surface area contributed by atoms with E-state index >= 15 is 0 Å². The summed E-state index contributed by atoms with van der Waals surface area (Å²) in [5.74, 6) is -1.40. The fourth-order valence-corrected chi connectivity index (χ4v) is 3.12. The van der Waals surface area contributed by atoms with E-state index in [1.165, 1.54) is 10.6 Å². The number of fused-ring (bicyclic) bond motifs is 1. The fraction of sp³-hybridized carbons (Fsp3) is 0.125. The van der Waals surface area contributed by atoms with Gasteiger partial charge in [-0.2, -0.15) is 0 Å². The van der Waals surface area contributed by atoms with Crippen LogP contribution in [0, 0.1) is 0 Å². The number of hydrogen-bond donors (Lipinski definition) is 2. The minimum Gasteiger partial charge on any atom is -0.408 e. The van der Waals surface area contributed by atoms with Crippen molar-refractivity contribution in [1.82, 2.24) is 4.57 Å². The van der Waals surface area contributed by atoms with Crippen molar-refractivity contribution in [2.45, 2.75) is 12.3 Å². The molecule has 0 aliphatic heterocycles. The number of hydrogen-bond acceptors (Lipinski definition) is 5. The van der Waals surface area contributed by atoms with Crippen LogP contribution in [-0.2, 0) is 27.1 Å². The molecule has 8 nitrogen and oxygen atoms in total. The van der Waals surface area contributed by atoms with Gasteiger partial charge in [0.2, 0.25) is 15.9 Å². The molecule has 0 saturated carbocycles. The summed E-state index contributed by atoms with van der Waals surface area (Å²) in [7, 11) is -3.66. The third kappa shape index (κ3) is 4.14. The van der Waals surface area contributed by atoms with E-state index in [2.05, 4.69) is 5.32 Å². The minimum absolute atomic E-state index is 0.227. The number of anilines is 1. The standard InChI is InChI=1S/C16H15N3O5S/c17-25(22,23)10-11-4-3-5-12(8-11)18-15(20)9-19-13-6-1-2-7-14(13)24-16(19)21/h1-8H,9-10H2,(H,18,20)(H2,17,22,23). The third-order valence-electron chi connectivity index (χ3n) is 3.45. The van der Waals surface area contributed by atoms with Gasteiger partial charge in [0.15, 0.2) is 5.58 Å². The lowest BCUT2D eigenvalue weighted by Crippen LogP contribution is -2.24. The normalized spacial score (nSPS) is 11.6. The van der Waals surface area contributed by atoms with Gasteiger partial charge in [-0.25, -0.2) is 18.4 Å². The summed E-state index contributed by atoms with van der Waals surface area (Å²) in [5.41, 5.74) is 1.78. The zero-order valence-electron chi connectivity index (χ0n) is 13.0. The van der Waals surface area contributed by atoms with E-state index in [1.807, 2.05) is 0 Å². The Morgan fingerprint density at radius 3 is 2.68 bits per heavy atom. The first kappa shape index (κ1) is 16.9. The predicted octanol–water partition coefficient (Wildman–Crippen LogP) is 1.02. The van der Waals surface area contributed by atoms with Gasteiger partial charge >= 0.3 is 5.76 Å². The molecule has 0 saturated heterocycles. The van der Waals surface area contributed by atoms with Crippen LogP contribution in [0.4, 0.5) is 5.69 Å². The number of para-hydroxylation sites is 2. The molecule has 9 heteroatoms. The highest BCUT2D eigenvalue weighted by atomic mass is 32.2. The number of nitrogens with zero attached hydrogens (tertiary/aromatic N) is 1. The molecule has 0 aliphatic rings.